The lowest BCUT2D eigenvalue weighted by atomic mass is 9.89. The topological polar surface area (TPSA) is 13.1 Å². The van der Waals surface area contributed by atoms with Crippen molar-refractivity contribution in [2.24, 2.45) is 5.41 Å². The molecule has 11 heavy (non-hydrogen) atoms. The van der Waals surface area contributed by atoms with Crippen molar-refractivity contribution in [3.63, 3.8) is 0 Å². The van der Waals surface area contributed by atoms with Gasteiger partial charge in [0, 0.05) is 5.56 Å². The van der Waals surface area contributed by atoms with Crippen LogP contribution in [-0.2, 0) is 0 Å². The molecule has 1 atom stereocenters. The second kappa shape index (κ2) is 2.90. The van der Waals surface area contributed by atoms with Gasteiger partial charge in [-0.15, -0.1) is 11.6 Å². The highest BCUT2D eigenvalue weighted by atomic mass is 35.5. The van der Waals surface area contributed by atoms with E-state index in [-0.39, 0.29) is 10.8 Å². The highest BCUT2D eigenvalue weighted by Gasteiger charge is 2.24. The molecule has 0 N–H and O–H groups in total. The van der Waals surface area contributed by atoms with Crippen molar-refractivity contribution >= 4 is 11.6 Å². The van der Waals surface area contributed by atoms with Crippen molar-refractivity contribution in [3.05, 3.63) is 24.2 Å². The molecule has 0 aliphatic rings. The van der Waals surface area contributed by atoms with E-state index in [1.807, 2.05) is 6.07 Å². The van der Waals surface area contributed by atoms with Crippen molar-refractivity contribution in [1.82, 2.24) is 0 Å². The molecular weight excluding hydrogens is 160 g/mol. The van der Waals surface area contributed by atoms with Crippen molar-refractivity contribution in [2.75, 3.05) is 0 Å². The monoisotopic (exact) mass is 172 g/mol. The van der Waals surface area contributed by atoms with Gasteiger partial charge in [0.05, 0.1) is 17.9 Å². The molecule has 0 bridgehead atoms. The van der Waals surface area contributed by atoms with E-state index in [2.05, 4.69) is 20.8 Å². The molecule has 0 aliphatic carbocycles. The summed E-state index contributed by atoms with van der Waals surface area (Å²) in [6.07, 6.45) is 3.35. The second-order valence-corrected chi connectivity index (χ2v) is 4.22. The smallest absolute Gasteiger partial charge is 0.0949 e. The van der Waals surface area contributed by atoms with E-state index < -0.39 is 0 Å². The minimum atomic E-state index is 0.0289. The summed E-state index contributed by atoms with van der Waals surface area (Å²) in [6, 6.07) is 1.91. The Morgan fingerprint density at radius 3 is 2.45 bits per heavy atom. The van der Waals surface area contributed by atoms with Gasteiger partial charge < -0.3 is 4.42 Å². The summed E-state index contributed by atoms with van der Waals surface area (Å²) in [6.45, 7) is 6.33. The van der Waals surface area contributed by atoms with Crippen LogP contribution in [-0.4, -0.2) is 0 Å². The Morgan fingerprint density at radius 1 is 1.45 bits per heavy atom. The number of hydrogen-bond donors (Lipinski definition) is 0. The third-order valence-electron chi connectivity index (χ3n) is 1.60. The fourth-order valence-electron chi connectivity index (χ4n) is 0.919. The van der Waals surface area contributed by atoms with Gasteiger partial charge in [-0.05, 0) is 11.5 Å². The quantitative estimate of drug-likeness (QED) is 0.590. The van der Waals surface area contributed by atoms with Crippen molar-refractivity contribution in [2.45, 2.75) is 26.1 Å². The molecular formula is C9H13ClO. The molecule has 0 aliphatic heterocycles. The van der Waals surface area contributed by atoms with Gasteiger partial charge in [0.15, 0.2) is 0 Å². The minimum absolute atomic E-state index is 0.0289. The lowest BCUT2D eigenvalue weighted by molar-refractivity contribution is 0.393. The Hall–Kier alpha value is -0.430. The Morgan fingerprint density at radius 2 is 2.09 bits per heavy atom. The molecule has 62 valence electrons. The van der Waals surface area contributed by atoms with Crippen molar-refractivity contribution in [1.29, 1.82) is 0 Å². The van der Waals surface area contributed by atoms with Gasteiger partial charge >= 0.3 is 0 Å². The van der Waals surface area contributed by atoms with Crippen LogP contribution < -0.4 is 0 Å². The molecule has 0 amide bonds. The first-order valence-electron chi connectivity index (χ1n) is 3.68. The summed E-state index contributed by atoms with van der Waals surface area (Å²) >= 11 is 6.16. The van der Waals surface area contributed by atoms with E-state index in [0.717, 1.165) is 5.56 Å². The van der Waals surface area contributed by atoms with Gasteiger partial charge in [-0.1, -0.05) is 20.8 Å². The Labute approximate surface area is 72.4 Å². The van der Waals surface area contributed by atoms with Crippen molar-refractivity contribution < 1.29 is 4.42 Å². The summed E-state index contributed by atoms with van der Waals surface area (Å²) in [5, 5.41) is 0.0289. The van der Waals surface area contributed by atoms with E-state index in [0.29, 0.717) is 0 Å². The van der Waals surface area contributed by atoms with Crippen LogP contribution in [0.15, 0.2) is 23.0 Å². The van der Waals surface area contributed by atoms with E-state index in [4.69, 9.17) is 16.0 Å². The fourth-order valence-corrected chi connectivity index (χ4v) is 1.04. The SMILES string of the molecule is CC(C)(C)C(Cl)c1ccoc1. The first-order valence-corrected chi connectivity index (χ1v) is 4.11. The average Bonchev–Trinajstić information content (AvgIpc) is 2.34. The molecule has 1 heterocycles. The number of alkyl halides is 1. The Kier molecular flexibility index (Phi) is 2.28. The third-order valence-corrected chi connectivity index (χ3v) is 2.50. The molecule has 0 spiro atoms. The number of rotatable bonds is 1. The lowest BCUT2D eigenvalue weighted by Crippen LogP contribution is -2.12. The van der Waals surface area contributed by atoms with Gasteiger partial charge in [0.1, 0.15) is 0 Å². The summed E-state index contributed by atoms with van der Waals surface area (Å²) in [7, 11) is 0. The van der Waals surface area contributed by atoms with Gasteiger partial charge in [-0.25, -0.2) is 0 Å². The fraction of sp³-hybridized carbons (Fsp3) is 0.556. The molecule has 1 rings (SSSR count). The van der Waals surface area contributed by atoms with Gasteiger partial charge in [0.2, 0.25) is 0 Å². The molecule has 0 saturated carbocycles. The molecule has 1 aromatic rings. The zero-order chi connectivity index (χ0) is 8.48. The maximum atomic E-state index is 6.16. The van der Waals surface area contributed by atoms with Crippen LogP contribution in [0.5, 0.6) is 0 Å². The average molecular weight is 173 g/mol. The second-order valence-electron chi connectivity index (χ2n) is 3.79. The van der Waals surface area contributed by atoms with Crippen LogP contribution in [0.4, 0.5) is 0 Å². The Balaban J connectivity index is 2.78. The van der Waals surface area contributed by atoms with Crippen LogP contribution in [0.2, 0.25) is 0 Å². The molecule has 0 fully saturated rings. The normalized spacial score (nSPS) is 14.9. The van der Waals surface area contributed by atoms with E-state index in [9.17, 15) is 0 Å². The van der Waals surface area contributed by atoms with Gasteiger partial charge in [-0.2, -0.15) is 0 Å². The maximum Gasteiger partial charge on any atom is 0.0949 e. The van der Waals surface area contributed by atoms with Gasteiger partial charge in [0.25, 0.3) is 0 Å². The molecule has 1 unspecified atom stereocenters. The first kappa shape index (κ1) is 8.66. The van der Waals surface area contributed by atoms with Crippen molar-refractivity contribution in [3.8, 4) is 0 Å². The molecule has 0 saturated heterocycles. The summed E-state index contributed by atoms with van der Waals surface area (Å²) in [5.74, 6) is 0. The number of hydrogen-bond acceptors (Lipinski definition) is 1. The number of halogens is 1. The van der Waals surface area contributed by atoms with Crippen LogP contribution in [0.25, 0.3) is 0 Å². The molecule has 0 radical (unpaired) electrons. The summed E-state index contributed by atoms with van der Waals surface area (Å²) in [5.41, 5.74) is 1.14. The maximum absolute atomic E-state index is 6.16. The highest BCUT2D eigenvalue weighted by Crippen LogP contribution is 2.38. The zero-order valence-corrected chi connectivity index (χ0v) is 7.85. The molecule has 0 aromatic carbocycles. The predicted molar refractivity (Wildman–Crippen MR) is 46.8 cm³/mol. The molecule has 2 heteroatoms. The van der Waals surface area contributed by atoms with E-state index >= 15 is 0 Å². The van der Waals surface area contributed by atoms with E-state index in [1.165, 1.54) is 0 Å². The highest BCUT2D eigenvalue weighted by molar-refractivity contribution is 6.21. The largest absolute Gasteiger partial charge is 0.472 e. The Bertz CT molecular complexity index is 208. The minimum Gasteiger partial charge on any atom is -0.472 e. The first-order chi connectivity index (χ1) is 5.02. The lowest BCUT2D eigenvalue weighted by Gasteiger charge is -2.23. The van der Waals surface area contributed by atoms with Crippen LogP contribution >= 0.6 is 11.6 Å². The summed E-state index contributed by atoms with van der Waals surface area (Å²) < 4.78 is 4.95. The van der Waals surface area contributed by atoms with Crippen LogP contribution in [0.3, 0.4) is 0 Å². The standard InChI is InChI=1S/C9H13ClO/c1-9(2,3)8(10)7-4-5-11-6-7/h4-6,8H,1-3H3. The molecule has 1 aromatic heterocycles. The third kappa shape index (κ3) is 2.00. The zero-order valence-electron chi connectivity index (χ0n) is 7.10. The summed E-state index contributed by atoms with van der Waals surface area (Å²) in [4.78, 5) is 0. The van der Waals surface area contributed by atoms with Crippen LogP contribution in [0, 0.1) is 5.41 Å². The predicted octanol–water partition coefficient (Wildman–Crippen LogP) is 3.61. The molecule has 1 nitrogen and oxygen atoms in total. The number of furan rings is 1. The van der Waals surface area contributed by atoms with Gasteiger partial charge in [-0.3, -0.25) is 0 Å². The van der Waals surface area contributed by atoms with Crippen LogP contribution in [0.1, 0.15) is 31.7 Å². The van der Waals surface area contributed by atoms with E-state index in [1.54, 1.807) is 12.5 Å².